The molecule has 4 nitrogen and oxygen atoms in total. The molecule has 1 amide bonds. The molecule has 1 saturated heterocycles. The van der Waals surface area contributed by atoms with Gasteiger partial charge in [-0.2, -0.15) is 0 Å². The lowest BCUT2D eigenvalue weighted by atomic mass is 10.2. The van der Waals surface area contributed by atoms with Gasteiger partial charge in [-0.3, -0.25) is 14.6 Å². The van der Waals surface area contributed by atoms with E-state index in [1.165, 1.54) is 11.1 Å². The van der Waals surface area contributed by atoms with Gasteiger partial charge in [0.25, 0.3) is 0 Å². The van der Waals surface area contributed by atoms with Crippen LogP contribution in [-0.4, -0.2) is 48.4 Å². The number of amides is 1. The van der Waals surface area contributed by atoms with Gasteiger partial charge in [0.1, 0.15) is 0 Å². The average molecular weight is 416 g/mol. The van der Waals surface area contributed by atoms with Gasteiger partial charge >= 0.3 is 0 Å². The minimum atomic E-state index is 0.0473. The van der Waals surface area contributed by atoms with E-state index in [2.05, 4.69) is 61.4 Å². The second-order valence-corrected chi connectivity index (χ2v) is 7.78. The fraction of sp³-hybridized carbons (Fsp3) is 0.381. The smallest absolute Gasteiger partial charge is 0.238 e. The van der Waals surface area contributed by atoms with Crippen LogP contribution in [0.5, 0.6) is 0 Å². The van der Waals surface area contributed by atoms with Gasteiger partial charge in [0, 0.05) is 24.1 Å². The molecule has 1 fully saturated rings. The monoisotopic (exact) mass is 415 g/mol. The zero-order valence-corrected chi connectivity index (χ0v) is 16.8. The Labute approximate surface area is 164 Å². The lowest BCUT2D eigenvalue weighted by Crippen LogP contribution is -2.36. The molecule has 1 aliphatic heterocycles. The third-order valence-corrected chi connectivity index (χ3v) is 5.35. The number of carbonyl (C=O) groups is 1. The number of aryl methyl sites for hydroxylation is 1. The van der Waals surface area contributed by atoms with E-state index in [9.17, 15) is 4.79 Å². The molecule has 0 unspecified atom stereocenters. The van der Waals surface area contributed by atoms with Gasteiger partial charge in [0.15, 0.2) is 0 Å². The number of hydrogen-bond acceptors (Lipinski definition) is 3. The first-order valence-corrected chi connectivity index (χ1v) is 9.94. The van der Waals surface area contributed by atoms with Crippen molar-refractivity contribution in [3.05, 3.63) is 64.1 Å². The number of nitrogens with zero attached hydrogens (tertiary/aromatic N) is 2. The van der Waals surface area contributed by atoms with Gasteiger partial charge < -0.3 is 5.32 Å². The number of hydrogen-bond donors (Lipinski definition) is 1. The molecule has 0 bridgehead atoms. The fourth-order valence-corrected chi connectivity index (χ4v) is 3.89. The molecule has 1 heterocycles. The summed E-state index contributed by atoms with van der Waals surface area (Å²) >= 11 is 3.52. The van der Waals surface area contributed by atoms with Gasteiger partial charge in [0.05, 0.1) is 12.2 Å². The van der Waals surface area contributed by atoms with E-state index in [0.717, 1.165) is 49.3 Å². The Morgan fingerprint density at radius 2 is 1.77 bits per heavy atom. The lowest BCUT2D eigenvalue weighted by Gasteiger charge is -2.21. The minimum absolute atomic E-state index is 0.0473. The molecule has 2 aromatic rings. The van der Waals surface area contributed by atoms with Crippen LogP contribution in [0.25, 0.3) is 0 Å². The first-order chi connectivity index (χ1) is 12.6. The Balaban J connectivity index is 1.49. The van der Waals surface area contributed by atoms with Crippen molar-refractivity contribution in [2.75, 3.05) is 38.0 Å². The zero-order valence-electron chi connectivity index (χ0n) is 15.2. The van der Waals surface area contributed by atoms with E-state index >= 15 is 0 Å². The van der Waals surface area contributed by atoms with Crippen molar-refractivity contribution in [2.24, 2.45) is 0 Å². The number of benzene rings is 2. The summed E-state index contributed by atoms with van der Waals surface area (Å²) in [4.78, 5) is 17.1. The highest BCUT2D eigenvalue weighted by Crippen LogP contribution is 2.23. The molecule has 138 valence electrons. The summed E-state index contributed by atoms with van der Waals surface area (Å²) in [5.41, 5.74) is 3.35. The molecule has 0 atom stereocenters. The summed E-state index contributed by atoms with van der Waals surface area (Å²) in [6.45, 7) is 7.43. The Kier molecular flexibility index (Phi) is 6.83. The SMILES string of the molecule is Cc1ccc(NC(=O)CN2CCCN(Cc3ccccc3)CC2)c(Br)c1. The summed E-state index contributed by atoms with van der Waals surface area (Å²) in [5.74, 6) is 0.0473. The normalized spacial score (nSPS) is 16.2. The highest BCUT2D eigenvalue weighted by Gasteiger charge is 2.17. The van der Waals surface area contributed by atoms with E-state index in [-0.39, 0.29) is 5.91 Å². The van der Waals surface area contributed by atoms with Crippen LogP contribution in [0.15, 0.2) is 53.0 Å². The molecule has 0 radical (unpaired) electrons. The molecule has 1 N–H and O–H groups in total. The number of anilines is 1. The van der Waals surface area contributed by atoms with Gasteiger partial charge in [-0.25, -0.2) is 0 Å². The van der Waals surface area contributed by atoms with Gasteiger partial charge in [-0.1, -0.05) is 36.4 Å². The van der Waals surface area contributed by atoms with Crippen molar-refractivity contribution in [1.82, 2.24) is 9.80 Å². The number of carbonyl (C=O) groups excluding carboxylic acids is 1. The Morgan fingerprint density at radius 3 is 2.54 bits per heavy atom. The van der Waals surface area contributed by atoms with Crippen LogP contribution in [0, 0.1) is 6.92 Å². The third-order valence-electron chi connectivity index (χ3n) is 4.70. The third kappa shape index (κ3) is 5.66. The molecule has 0 spiro atoms. The maximum absolute atomic E-state index is 12.4. The van der Waals surface area contributed by atoms with Crippen LogP contribution >= 0.6 is 15.9 Å². The van der Waals surface area contributed by atoms with E-state index in [4.69, 9.17) is 0 Å². The summed E-state index contributed by atoms with van der Waals surface area (Å²) in [6, 6.07) is 16.6. The predicted octanol–water partition coefficient (Wildman–Crippen LogP) is 3.90. The second kappa shape index (κ2) is 9.31. The van der Waals surface area contributed by atoms with E-state index < -0.39 is 0 Å². The van der Waals surface area contributed by atoms with Crippen molar-refractivity contribution >= 4 is 27.5 Å². The van der Waals surface area contributed by atoms with Crippen molar-refractivity contribution in [3.8, 4) is 0 Å². The van der Waals surface area contributed by atoms with E-state index in [0.29, 0.717) is 6.54 Å². The Hall–Kier alpha value is -1.69. The van der Waals surface area contributed by atoms with Gasteiger partial charge in [0.2, 0.25) is 5.91 Å². The molecule has 1 aliphatic rings. The zero-order chi connectivity index (χ0) is 18.4. The van der Waals surface area contributed by atoms with Crippen LogP contribution in [-0.2, 0) is 11.3 Å². The molecule has 0 aromatic heterocycles. The molecule has 3 rings (SSSR count). The number of halogens is 1. The minimum Gasteiger partial charge on any atom is -0.324 e. The first-order valence-electron chi connectivity index (χ1n) is 9.15. The standard InChI is InChI=1S/C21H26BrN3O/c1-17-8-9-20(19(22)14-17)23-21(26)16-25-11-5-10-24(12-13-25)15-18-6-3-2-4-7-18/h2-4,6-9,14H,5,10-13,15-16H2,1H3,(H,23,26). The van der Waals surface area contributed by atoms with Crippen molar-refractivity contribution in [3.63, 3.8) is 0 Å². The lowest BCUT2D eigenvalue weighted by molar-refractivity contribution is -0.117. The highest BCUT2D eigenvalue weighted by atomic mass is 79.9. The molecular formula is C21H26BrN3O. The average Bonchev–Trinajstić information content (AvgIpc) is 2.84. The predicted molar refractivity (Wildman–Crippen MR) is 110 cm³/mol. The quantitative estimate of drug-likeness (QED) is 0.803. The summed E-state index contributed by atoms with van der Waals surface area (Å²) in [6.07, 6.45) is 1.09. The number of nitrogens with one attached hydrogen (secondary N) is 1. The van der Waals surface area contributed by atoms with Crippen molar-refractivity contribution in [1.29, 1.82) is 0 Å². The Morgan fingerprint density at radius 1 is 1.04 bits per heavy atom. The molecular weight excluding hydrogens is 390 g/mol. The van der Waals surface area contributed by atoms with Crippen LogP contribution in [0.1, 0.15) is 17.5 Å². The van der Waals surface area contributed by atoms with Crippen LogP contribution in [0.3, 0.4) is 0 Å². The van der Waals surface area contributed by atoms with Crippen molar-refractivity contribution in [2.45, 2.75) is 19.9 Å². The van der Waals surface area contributed by atoms with Crippen LogP contribution < -0.4 is 5.32 Å². The van der Waals surface area contributed by atoms with Gasteiger partial charge in [-0.05, 0) is 65.6 Å². The van der Waals surface area contributed by atoms with E-state index in [1.807, 2.05) is 25.1 Å². The second-order valence-electron chi connectivity index (χ2n) is 6.92. The van der Waals surface area contributed by atoms with Crippen LogP contribution in [0.2, 0.25) is 0 Å². The molecule has 2 aromatic carbocycles. The molecule has 0 saturated carbocycles. The van der Waals surface area contributed by atoms with E-state index in [1.54, 1.807) is 0 Å². The van der Waals surface area contributed by atoms with Crippen LogP contribution in [0.4, 0.5) is 5.69 Å². The molecule has 0 aliphatic carbocycles. The fourth-order valence-electron chi connectivity index (χ4n) is 3.30. The summed E-state index contributed by atoms with van der Waals surface area (Å²) in [5, 5.41) is 3.02. The largest absolute Gasteiger partial charge is 0.324 e. The summed E-state index contributed by atoms with van der Waals surface area (Å²) in [7, 11) is 0. The summed E-state index contributed by atoms with van der Waals surface area (Å²) < 4.78 is 0.927. The topological polar surface area (TPSA) is 35.6 Å². The molecule has 5 heteroatoms. The van der Waals surface area contributed by atoms with Crippen molar-refractivity contribution < 1.29 is 4.79 Å². The Bertz CT molecular complexity index is 735. The highest BCUT2D eigenvalue weighted by molar-refractivity contribution is 9.10. The number of rotatable bonds is 5. The maximum atomic E-state index is 12.4. The maximum Gasteiger partial charge on any atom is 0.238 e. The first kappa shape index (κ1) is 19.1. The molecule has 26 heavy (non-hydrogen) atoms. The van der Waals surface area contributed by atoms with Gasteiger partial charge in [-0.15, -0.1) is 0 Å².